The van der Waals surface area contributed by atoms with E-state index < -0.39 is 16.9 Å². The lowest BCUT2D eigenvalue weighted by atomic mass is 10.1. The van der Waals surface area contributed by atoms with Crippen LogP contribution in [0.25, 0.3) is 0 Å². The summed E-state index contributed by atoms with van der Waals surface area (Å²) in [5.74, 6) is -0.622. The second-order valence-corrected chi connectivity index (χ2v) is 3.37. The summed E-state index contributed by atoms with van der Waals surface area (Å²) in [4.78, 5) is 21.0. The number of hydrogen-bond acceptors (Lipinski definition) is 5. The molecule has 1 atom stereocenters. The lowest BCUT2D eigenvalue weighted by molar-refractivity contribution is -0.384. The number of carbonyl (C=O) groups is 1. The highest BCUT2D eigenvalue weighted by Crippen LogP contribution is 2.25. The number of amides is 1. The molecule has 0 aliphatic heterocycles. The summed E-state index contributed by atoms with van der Waals surface area (Å²) >= 11 is 0. The zero-order valence-corrected chi connectivity index (χ0v) is 9.01. The Balaban J connectivity index is 3.12. The molecule has 7 nitrogen and oxygen atoms in total. The number of hydrogen-bond donors (Lipinski definition) is 2. The maximum atomic E-state index is 10.8. The molecule has 0 heterocycles. The maximum Gasteiger partial charge on any atom is 0.293 e. The number of carbonyl (C=O) groups excluding carboxylic acids is 1. The molecule has 0 spiro atoms. The molecular formula is C10H10N4O3. The minimum absolute atomic E-state index is 0.153. The molecule has 7 heteroatoms. The van der Waals surface area contributed by atoms with E-state index in [9.17, 15) is 14.9 Å². The van der Waals surface area contributed by atoms with Crippen LogP contribution in [0.5, 0.6) is 0 Å². The van der Waals surface area contributed by atoms with Gasteiger partial charge in [0, 0.05) is 6.07 Å². The van der Waals surface area contributed by atoms with E-state index >= 15 is 0 Å². The highest BCUT2D eigenvalue weighted by atomic mass is 16.6. The van der Waals surface area contributed by atoms with Gasteiger partial charge in [-0.1, -0.05) is 0 Å². The molecule has 1 amide bonds. The van der Waals surface area contributed by atoms with Gasteiger partial charge in [0.15, 0.2) is 0 Å². The Labute approximate surface area is 97.0 Å². The van der Waals surface area contributed by atoms with Crippen LogP contribution in [0.4, 0.5) is 11.4 Å². The smallest absolute Gasteiger partial charge is 0.293 e. The summed E-state index contributed by atoms with van der Waals surface area (Å²) in [6, 6.07) is 4.99. The highest BCUT2D eigenvalue weighted by Gasteiger charge is 2.18. The third-order valence-corrected chi connectivity index (χ3v) is 2.12. The van der Waals surface area contributed by atoms with Crippen LogP contribution in [-0.2, 0) is 4.79 Å². The quantitative estimate of drug-likeness (QED) is 0.588. The van der Waals surface area contributed by atoms with Crippen LogP contribution in [-0.4, -0.2) is 16.9 Å². The largest absolute Gasteiger partial charge is 0.368 e. The molecule has 0 fully saturated rings. The van der Waals surface area contributed by atoms with Gasteiger partial charge >= 0.3 is 0 Å². The van der Waals surface area contributed by atoms with Crippen LogP contribution in [0.15, 0.2) is 18.2 Å². The first-order valence-electron chi connectivity index (χ1n) is 4.70. The molecule has 0 bridgehead atoms. The fraction of sp³-hybridized carbons (Fsp3) is 0.200. The number of nitrogens with zero attached hydrogens (tertiary/aromatic N) is 2. The van der Waals surface area contributed by atoms with Crippen molar-refractivity contribution >= 4 is 17.3 Å². The highest BCUT2D eigenvalue weighted by molar-refractivity contribution is 5.83. The van der Waals surface area contributed by atoms with Gasteiger partial charge in [-0.05, 0) is 19.1 Å². The minimum atomic E-state index is -0.735. The third-order valence-electron chi connectivity index (χ3n) is 2.12. The molecule has 0 aliphatic rings. The summed E-state index contributed by atoms with van der Waals surface area (Å²) in [5, 5.41) is 22.0. The summed E-state index contributed by atoms with van der Waals surface area (Å²) in [7, 11) is 0. The standard InChI is InChI=1S/C10H10N4O3/c1-6(10(12)15)13-8-3-2-7(5-11)4-9(8)14(16)17/h2-4,6,13H,1H3,(H2,12,15). The van der Waals surface area contributed by atoms with E-state index in [2.05, 4.69) is 5.32 Å². The molecule has 0 aromatic heterocycles. The SMILES string of the molecule is CC(Nc1ccc(C#N)cc1[N+](=O)[O-])C(N)=O. The second-order valence-electron chi connectivity index (χ2n) is 3.37. The van der Waals surface area contributed by atoms with E-state index in [1.165, 1.54) is 19.1 Å². The molecule has 0 aliphatic carbocycles. The zero-order chi connectivity index (χ0) is 13.0. The number of nitriles is 1. The lowest BCUT2D eigenvalue weighted by Gasteiger charge is -2.11. The summed E-state index contributed by atoms with van der Waals surface area (Å²) in [6.07, 6.45) is 0. The lowest BCUT2D eigenvalue weighted by Crippen LogP contribution is -2.32. The summed E-state index contributed by atoms with van der Waals surface area (Å²) < 4.78 is 0. The average Bonchev–Trinajstić information content (AvgIpc) is 2.29. The van der Waals surface area contributed by atoms with E-state index in [4.69, 9.17) is 11.0 Å². The fourth-order valence-electron chi connectivity index (χ4n) is 1.18. The van der Waals surface area contributed by atoms with Crippen molar-refractivity contribution in [1.29, 1.82) is 5.26 Å². The van der Waals surface area contributed by atoms with Gasteiger partial charge in [-0.3, -0.25) is 14.9 Å². The molecule has 0 radical (unpaired) electrons. The molecule has 3 N–H and O–H groups in total. The van der Waals surface area contributed by atoms with E-state index in [1.807, 2.05) is 0 Å². The van der Waals surface area contributed by atoms with Gasteiger partial charge in [0.2, 0.25) is 5.91 Å². The van der Waals surface area contributed by atoms with Crippen molar-refractivity contribution in [3.05, 3.63) is 33.9 Å². The maximum absolute atomic E-state index is 10.8. The van der Waals surface area contributed by atoms with E-state index in [-0.39, 0.29) is 16.9 Å². The molecule has 1 rings (SSSR count). The zero-order valence-electron chi connectivity index (χ0n) is 9.01. The normalized spacial score (nSPS) is 11.3. The van der Waals surface area contributed by atoms with Crippen molar-refractivity contribution < 1.29 is 9.72 Å². The molecule has 1 aromatic rings. The van der Waals surface area contributed by atoms with Crippen molar-refractivity contribution in [2.75, 3.05) is 5.32 Å². The van der Waals surface area contributed by atoms with Crippen LogP contribution in [0.2, 0.25) is 0 Å². The van der Waals surface area contributed by atoms with Gasteiger partial charge < -0.3 is 11.1 Å². The first kappa shape index (κ1) is 12.4. The molecule has 1 aromatic carbocycles. The monoisotopic (exact) mass is 234 g/mol. The number of primary amides is 1. The summed E-state index contributed by atoms with van der Waals surface area (Å²) in [5.41, 5.74) is 5.10. The second kappa shape index (κ2) is 4.94. The van der Waals surface area contributed by atoms with Crippen molar-refractivity contribution in [3.8, 4) is 6.07 Å². The van der Waals surface area contributed by atoms with Crippen molar-refractivity contribution in [2.45, 2.75) is 13.0 Å². The predicted octanol–water partition coefficient (Wildman–Crippen LogP) is 0.752. The van der Waals surface area contributed by atoms with Gasteiger partial charge in [0.1, 0.15) is 11.7 Å². The molecule has 0 saturated carbocycles. The van der Waals surface area contributed by atoms with Crippen molar-refractivity contribution in [2.24, 2.45) is 5.73 Å². The van der Waals surface area contributed by atoms with Crippen LogP contribution in [0.3, 0.4) is 0 Å². The molecular weight excluding hydrogens is 224 g/mol. The van der Waals surface area contributed by atoms with Gasteiger partial charge in [-0.25, -0.2) is 0 Å². The Morgan fingerprint density at radius 2 is 2.29 bits per heavy atom. The van der Waals surface area contributed by atoms with Gasteiger partial charge in [-0.15, -0.1) is 0 Å². The van der Waals surface area contributed by atoms with Crippen molar-refractivity contribution in [1.82, 2.24) is 0 Å². The Morgan fingerprint density at radius 3 is 2.76 bits per heavy atom. The molecule has 17 heavy (non-hydrogen) atoms. The first-order chi connectivity index (χ1) is 7.95. The Kier molecular flexibility index (Phi) is 3.62. The Bertz CT molecular complexity index is 507. The molecule has 88 valence electrons. The van der Waals surface area contributed by atoms with E-state index in [0.29, 0.717) is 0 Å². The fourth-order valence-corrected chi connectivity index (χ4v) is 1.18. The molecule has 0 saturated heterocycles. The topological polar surface area (TPSA) is 122 Å². The van der Waals surface area contributed by atoms with E-state index in [0.717, 1.165) is 6.07 Å². The van der Waals surface area contributed by atoms with Gasteiger partial charge in [-0.2, -0.15) is 5.26 Å². The first-order valence-corrected chi connectivity index (χ1v) is 4.70. The van der Waals surface area contributed by atoms with Gasteiger partial charge in [0.05, 0.1) is 16.6 Å². The van der Waals surface area contributed by atoms with Crippen molar-refractivity contribution in [3.63, 3.8) is 0 Å². The number of anilines is 1. The van der Waals surface area contributed by atoms with Gasteiger partial charge in [0.25, 0.3) is 5.69 Å². The predicted molar refractivity (Wildman–Crippen MR) is 60.1 cm³/mol. The van der Waals surface area contributed by atoms with Crippen LogP contribution in [0, 0.1) is 21.4 Å². The van der Waals surface area contributed by atoms with E-state index in [1.54, 1.807) is 6.07 Å². The third kappa shape index (κ3) is 2.92. The Morgan fingerprint density at radius 1 is 1.65 bits per heavy atom. The number of nitro benzene ring substituents is 1. The number of benzene rings is 1. The minimum Gasteiger partial charge on any atom is -0.368 e. The number of rotatable bonds is 4. The van der Waals surface area contributed by atoms with Crippen LogP contribution < -0.4 is 11.1 Å². The summed E-state index contributed by atoms with van der Waals surface area (Å²) in [6.45, 7) is 1.49. The number of nitrogens with two attached hydrogens (primary N) is 1. The molecule has 1 unspecified atom stereocenters. The Hall–Kier alpha value is -2.62. The van der Waals surface area contributed by atoms with Crippen LogP contribution in [0.1, 0.15) is 12.5 Å². The number of nitrogens with one attached hydrogen (secondary N) is 1. The average molecular weight is 234 g/mol. The number of nitro groups is 1. The van der Waals surface area contributed by atoms with Crippen LogP contribution >= 0.6 is 0 Å².